The van der Waals surface area contributed by atoms with Crippen LogP contribution in [0.25, 0.3) is 0 Å². The molecule has 1 saturated carbocycles. The largest absolute Gasteiger partial charge is 0.302 e. The van der Waals surface area contributed by atoms with Crippen LogP contribution in [0.5, 0.6) is 0 Å². The van der Waals surface area contributed by atoms with Gasteiger partial charge in [-0.15, -0.1) is 0 Å². The van der Waals surface area contributed by atoms with E-state index in [1.165, 1.54) is 24.8 Å². The van der Waals surface area contributed by atoms with Crippen molar-refractivity contribution in [2.75, 3.05) is 19.6 Å². The Kier molecular flexibility index (Phi) is 6.18. The van der Waals surface area contributed by atoms with Gasteiger partial charge in [0, 0.05) is 31.8 Å². The van der Waals surface area contributed by atoms with Gasteiger partial charge in [-0.3, -0.25) is 10.1 Å². The minimum atomic E-state index is -0.314. The molecular weight excluding hydrogens is 312 g/mol. The molecule has 0 aromatic heterocycles. The summed E-state index contributed by atoms with van der Waals surface area (Å²) in [4.78, 5) is 13.2. The summed E-state index contributed by atoms with van der Waals surface area (Å²) in [6, 6.07) is 17.6. The predicted octanol–water partition coefficient (Wildman–Crippen LogP) is 4.48. The Labute approximate surface area is 149 Å². The van der Waals surface area contributed by atoms with Crippen LogP contribution in [0.2, 0.25) is 0 Å². The molecule has 0 heterocycles. The number of rotatable bonds is 9. The molecule has 3 rings (SSSR count). The van der Waals surface area contributed by atoms with Gasteiger partial charge in [-0.2, -0.15) is 0 Å². The summed E-state index contributed by atoms with van der Waals surface area (Å²) in [7, 11) is 0. The van der Waals surface area contributed by atoms with Crippen LogP contribution in [0, 0.1) is 16.0 Å². The Bertz CT molecular complexity index is 683. The number of nitrogens with zero attached hydrogens (tertiary/aromatic N) is 2. The average molecular weight is 338 g/mol. The highest BCUT2D eigenvalue weighted by Crippen LogP contribution is 2.27. The summed E-state index contributed by atoms with van der Waals surface area (Å²) in [6.07, 6.45) is 5.98. The Morgan fingerprint density at radius 1 is 0.960 bits per heavy atom. The van der Waals surface area contributed by atoms with Crippen LogP contribution in [0.15, 0.2) is 54.6 Å². The second-order valence-electron chi connectivity index (χ2n) is 7.01. The molecule has 25 heavy (non-hydrogen) atoms. The van der Waals surface area contributed by atoms with Crippen molar-refractivity contribution in [3.63, 3.8) is 0 Å². The van der Waals surface area contributed by atoms with Crippen LogP contribution in [-0.2, 0) is 12.8 Å². The summed E-state index contributed by atoms with van der Waals surface area (Å²) < 4.78 is 0. The van der Waals surface area contributed by atoms with Crippen molar-refractivity contribution in [1.29, 1.82) is 0 Å². The molecule has 132 valence electrons. The number of hydrogen-bond acceptors (Lipinski definition) is 3. The molecule has 2 aromatic rings. The third kappa shape index (κ3) is 5.40. The molecule has 0 amide bonds. The molecule has 4 heteroatoms. The maximum atomic E-state index is 10.9. The van der Waals surface area contributed by atoms with Crippen LogP contribution >= 0.6 is 0 Å². The monoisotopic (exact) mass is 338 g/mol. The maximum absolute atomic E-state index is 10.9. The van der Waals surface area contributed by atoms with Crippen molar-refractivity contribution in [2.24, 2.45) is 5.92 Å². The minimum Gasteiger partial charge on any atom is -0.302 e. The zero-order valence-corrected chi connectivity index (χ0v) is 14.6. The first-order valence-electron chi connectivity index (χ1n) is 9.20. The van der Waals surface area contributed by atoms with Crippen molar-refractivity contribution in [3.05, 3.63) is 75.8 Å². The van der Waals surface area contributed by atoms with Crippen LogP contribution in [0.3, 0.4) is 0 Å². The fraction of sp³-hybridized carbons (Fsp3) is 0.429. The second-order valence-corrected chi connectivity index (χ2v) is 7.01. The lowest BCUT2D eigenvalue weighted by Gasteiger charge is -2.32. The Balaban J connectivity index is 1.57. The van der Waals surface area contributed by atoms with E-state index in [2.05, 4.69) is 35.2 Å². The number of nitro groups is 1. The molecule has 0 aliphatic heterocycles. The topological polar surface area (TPSA) is 46.4 Å². The van der Waals surface area contributed by atoms with Gasteiger partial charge in [-0.1, -0.05) is 48.9 Å². The highest BCUT2D eigenvalue weighted by Gasteiger charge is 2.20. The quantitative estimate of drug-likeness (QED) is 0.500. The molecule has 2 aromatic carbocycles. The van der Waals surface area contributed by atoms with E-state index in [1.54, 1.807) is 18.2 Å². The third-order valence-electron chi connectivity index (χ3n) is 5.14. The lowest BCUT2D eigenvalue weighted by Crippen LogP contribution is -2.35. The van der Waals surface area contributed by atoms with Crippen molar-refractivity contribution in [2.45, 2.75) is 32.1 Å². The molecule has 4 nitrogen and oxygen atoms in total. The third-order valence-corrected chi connectivity index (χ3v) is 5.14. The molecule has 0 radical (unpaired) electrons. The molecular formula is C21H26N2O2. The van der Waals surface area contributed by atoms with E-state index in [-0.39, 0.29) is 10.6 Å². The Morgan fingerprint density at radius 2 is 1.64 bits per heavy atom. The molecule has 0 unspecified atom stereocenters. The van der Waals surface area contributed by atoms with Crippen LogP contribution in [-0.4, -0.2) is 29.5 Å². The van der Waals surface area contributed by atoms with Crippen molar-refractivity contribution in [3.8, 4) is 0 Å². The predicted molar refractivity (Wildman–Crippen MR) is 101 cm³/mol. The van der Waals surface area contributed by atoms with Gasteiger partial charge in [0.25, 0.3) is 5.69 Å². The molecule has 1 aliphatic carbocycles. The van der Waals surface area contributed by atoms with Gasteiger partial charge < -0.3 is 4.90 Å². The van der Waals surface area contributed by atoms with Gasteiger partial charge >= 0.3 is 0 Å². The van der Waals surface area contributed by atoms with E-state index in [4.69, 9.17) is 0 Å². The second kappa shape index (κ2) is 8.77. The summed E-state index contributed by atoms with van der Waals surface area (Å²) in [6.45, 7) is 3.17. The van der Waals surface area contributed by atoms with E-state index in [1.807, 2.05) is 6.07 Å². The maximum Gasteiger partial charge on any atom is 0.269 e. The van der Waals surface area contributed by atoms with Crippen molar-refractivity contribution >= 4 is 5.69 Å². The summed E-state index contributed by atoms with van der Waals surface area (Å²) >= 11 is 0. The van der Waals surface area contributed by atoms with Crippen molar-refractivity contribution in [1.82, 2.24) is 4.90 Å². The molecule has 0 saturated heterocycles. The van der Waals surface area contributed by atoms with E-state index in [9.17, 15) is 10.1 Å². The van der Waals surface area contributed by atoms with E-state index < -0.39 is 0 Å². The van der Waals surface area contributed by atoms with E-state index >= 15 is 0 Å². The smallest absolute Gasteiger partial charge is 0.269 e. The first-order valence-corrected chi connectivity index (χ1v) is 9.20. The van der Waals surface area contributed by atoms with Crippen molar-refractivity contribution < 1.29 is 4.92 Å². The SMILES string of the molecule is O=[N+]([O-])c1cccc(CCN(CCc2ccccc2)CC2CCC2)c1. The fourth-order valence-electron chi connectivity index (χ4n) is 3.38. The summed E-state index contributed by atoms with van der Waals surface area (Å²) in [5.41, 5.74) is 2.61. The van der Waals surface area contributed by atoms with Gasteiger partial charge in [0.2, 0.25) is 0 Å². The molecule has 1 fully saturated rings. The highest BCUT2D eigenvalue weighted by molar-refractivity contribution is 5.34. The molecule has 1 aliphatic rings. The average Bonchev–Trinajstić information content (AvgIpc) is 2.60. The summed E-state index contributed by atoms with van der Waals surface area (Å²) in [5, 5.41) is 10.9. The van der Waals surface area contributed by atoms with Gasteiger partial charge in [0.15, 0.2) is 0 Å². The minimum absolute atomic E-state index is 0.187. The molecule has 0 bridgehead atoms. The lowest BCUT2D eigenvalue weighted by atomic mass is 9.85. The van der Waals surface area contributed by atoms with Gasteiger partial charge in [-0.25, -0.2) is 0 Å². The van der Waals surface area contributed by atoms with Gasteiger partial charge in [0.1, 0.15) is 0 Å². The molecule has 0 spiro atoms. The standard InChI is InChI=1S/C21H26N2O2/c24-23(25)21-11-5-8-19(16-21)13-15-22(17-20-9-4-10-20)14-12-18-6-2-1-3-7-18/h1-3,5-8,11,16,20H,4,9-10,12-15,17H2. The number of nitro benzene ring substituents is 1. The van der Waals surface area contributed by atoms with Gasteiger partial charge in [0.05, 0.1) is 4.92 Å². The van der Waals surface area contributed by atoms with Crippen LogP contribution < -0.4 is 0 Å². The number of benzene rings is 2. The van der Waals surface area contributed by atoms with E-state index in [0.29, 0.717) is 0 Å². The Hall–Kier alpha value is -2.20. The van der Waals surface area contributed by atoms with Crippen LogP contribution in [0.1, 0.15) is 30.4 Å². The first-order chi connectivity index (χ1) is 12.2. The van der Waals surface area contributed by atoms with Gasteiger partial charge in [-0.05, 0) is 42.7 Å². The zero-order valence-electron chi connectivity index (χ0n) is 14.6. The lowest BCUT2D eigenvalue weighted by molar-refractivity contribution is -0.384. The van der Waals surface area contributed by atoms with Crippen LogP contribution in [0.4, 0.5) is 5.69 Å². The molecule has 0 N–H and O–H groups in total. The number of non-ortho nitro benzene ring substituents is 1. The molecule has 0 atom stereocenters. The zero-order chi connectivity index (χ0) is 17.5. The number of hydrogen-bond donors (Lipinski definition) is 0. The first kappa shape index (κ1) is 17.6. The normalized spacial score (nSPS) is 14.4. The fourth-order valence-corrected chi connectivity index (χ4v) is 3.38. The summed E-state index contributed by atoms with van der Waals surface area (Å²) in [5.74, 6) is 0.834. The highest BCUT2D eigenvalue weighted by atomic mass is 16.6. The van der Waals surface area contributed by atoms with E-state index in [0.717, 1.165) is 44.0 Å². The Morgan fingerprint density at radius 3 is 2.28 bits per heavy atom.